The van der Waals surface area contributed by atoms with E-state index in [1.54, 1.807) is 29.8 Å². The van der Waals surface area contributed by atoms with Crippen LogP contribution >= 0.6 is 22.9 Å². The highest BCUT2D eigenvalue weighted by molar-refractivity contribution is 7.11. The van der Waals surface area contributed by atoms with Crippen molar-refractivity contribution in [1.29, 1.82) is 0 Å². The van der Waals surface area contributed by atoms with Crippen LogP contribution in [0.5, 0.6) is 0 Å². The fourth-order valence-electron chi connectivity index (χ4n) is 1.28. The first-order chi connectivity index (χ1) is 7.66. The van der Waals surface area contributed by atoms with E-state index in [2.05, 4.69) is 10.3 Å². The first kappa shape index (κ1) is 11.1. The number of rotatable bonds is 2. The molecule has 5 heteroatoms. The van der Waals surface area contributed by atoms with E-state index in [-0.39, 0.29) is 5.91 Å². The van der Waals surface area contributed by atoms with E-state index < -0.39 is 0 Å². The standard InChI is InChI=1S/C11H9ClN2OS/c1-7-6-8(12)2-3-9(7)14-10(15)11-13-4-5-16-11/h2-6H,1H3,(H,14,15). The van der Waals surface area contributed by atoms with Gasteiger partial charge in [-0.1, -0.05) is 11.6 Å². The van der Waals surface area contributed by atoms with E-state index in [4.69, 9.17) is 11.6 Å². The number of hydrogen-bond acceptors (Lipinski definition) is 3. The van der Waals surface area contributed by atoms with Gasteiger partial charge in [0.25, 0.3) is 5.91 Å². The van der Waals surface area contributed by atoms with Crippen molar-refractivity contribution in [2.45, 2.75) is 6.92 Å². The Hall–Kier alpha value is -1.39. The highest BCUT2D eigenvalue weighted by Gasteiger charge is 2.09. The first-order valence-electron chi connectivity index (χ1n) is 4.64. The van der Waals surface area contributed by atoms with Crippen LogP contribution in [-0.4, -0.2) is 10.9 Å². The third-order valence-electron chi connectivity index (χ3n) is 2.06. The van der Waals surface area contributed by atoms with Gasteiger partial charge in [-0.25, -0.2) is 4.98 Å². The molecule has 1 aromatic heterocycles. The number of halogens is 1. The maximum atomic E-state index is 11.7. The Balaban J connectivity index is 2.18. The molecule has 1 aromatic carbocycles. The summed E-state index contributed by atoms with van der Waals surface area (Å²) in [4.78, 5) is 15.7. The first-order valence-corrected chi connectivity index (χ1v) is 5.89. The number of nitrogens with zero attached hydrogens (tertiary/aromatic N) is 1. The van der Waals surface area contributed by atoms with Crippen LogP contribution in [0, 0.1) is 6.92 Å². The summed E-state index contributed by atoms with van der Waals surface area (Å²) < 4.78 is 0. The van der Waals surface area contributed by atoms with Gasteiger partial charge in [-0.05, 0) is 30.7 Å². The van der Waals surface area contributed by atoms with Gasteiger partial charge in [0.15, 0.2) is 5.01 Å². The average molecular weight is 253 g/mol. The van der Waals surface area contributed by atoms with Gasteiger partial charge in [0, 0.05) is 22.3 Å². The van der Waals surface area contributed by atoms with Crippen LogP contribution in [0.4, 0.5) is 5.69 Å². The van der Waals surface area contributed by atoms with Gasteiger partial charge in [-0.15, -0.1) is 11.3 Å². The van der Waals surface area contributed by atoms with Crippen LogP contribution in [-0.2, 0) is 0 Å². The molecule has 0 radical (unpaired) electrons. The summed E-state index contributed by atoms with van der Waals surface area (Å²) in [6.07, 6.45) is 1.61. The van der Waals surface area contributed by atoms with E-state index in [9.17, 15) is 4.79 Å². The van der Waals surface area contributed by atoms with Gasteiger partial charge in [0.05, 0.1) is 0 Å². The van der Waals surface area contributed by atoms with Crippen molar-refractivity contribution in [2.75, 3.05) is 5.32 Å². The largest absolute Gasteiger partial charge is 0.320 e. The molecule has 82 valence electrons. The molecule has 1 N–H and O–H groups in total. The number of benzene rings is 1. The molecule has 0 fully saturated rings. The number of aryl methyl sites for hydroxylation is 1. The van der Waals surface area contributed by atoms with Crippen LogP contribution in [0.15, 0.2) is 29.8 Å². The molecule has 2 rings (SSSR count). The van der Waals surface area contributed by atoms with Crippen molar-refractivity contribution in [3.63, 3.8) is 0 Å². The third-order valence-corrected chi connectivity index (χ3v) is 3.07. The molecule has 3 nitrogen and oxygen atoms in total. The number of amides is 1. The predicted octanol–water partition coefficient (Wildman–Crippen LogP) is 3.36. The molecule has 0 bridgehead atoms. The monoisotopic (exact) mass is 252 g/mol. The lowest BCUT2D eigenvalue weighted by Crippen LogP contribution is -2.12. The van der Waals surface area contributed by atoms with Crippen LogP contribution in [0.25, 0.3) is 0 Å². The van der Waals surface area contributed by atoms with Crippen LogP contribution in [0.2, 0.25) is 5.02 Å². The minimum atomic E-state index is -0.194. The molecule has 0 aliphatic carbocycles. The summed E-state index contributed by atoms with van der Waals surface area (Å²) in [5.41, 5.74) is 1.68. The summed E-state index contributed by atoms with van der Waals surface area (Å²) >= 11 is 7.14. The normalized spacial score (nSPS) is 10.1. The smallest absolute Gasteiger partial charge is 0.284 e. The molecule has 0 atom stereocenters. The Labute approximate surface area is 102 Å². The second kappa shape index (κ2) is 4.63. The highest BCUT2D eigenvalue weighted by atomic mass is 35.5. The number of nitrogens with one attached hydrogen (secondary N) is 1. The molecular formula is C11H9ClN2OS. The minimum Gasteiger partial charge on any atom is -0.320 e. The van der Waals surface area contributed by atoms with Crippen molar-refractivity contribution in [3.05, 3.63) is 45.4 Å². The SMILES string of the molecule is Cc1cc(Cl)ccc1NC(=O)c1nccs1. The molecule has 0 unspecified atom stereocenters. The summed E-state index contributed by atoms with van der Waals surface area (Å²) in [5, 5.41) is 5.67. The van der Waals surface area contributed by atoms with Gasteiger partial charge in [-0.2, -0.15) is 0 Å². The summed E-state index contributed by atoms with van der Waals surface area (Å²) in [6, 6.07) is 5.33. The third kappa shape index (κ3) is 2.40. The molecular weight excluding hydrogens is 244 g/mol. The number of carbonyl (C=O) groups excluding carboxylic acids is 1. The molecule has 0 aliphatic heterocycles. The Kier molecular flexibility index (Phi) is 3.22. The van der Waals surface area contributed by atoms with Gasteiger partial charge in [-0.3, -0.25) is 4.79 Å². The zero-order valence-electron chi connectivity index (χ0n) is 8.53. The van der Waals surface area contributed by atoms with E-state index in [0.29, 0.717) is 10.0 Å². The van der Waals surface area contributed by atoms with E-state index in [1.807, 2.05) is 6.92 Å². The summed E-state index contributed by atoms with van der Waals surface area (Å²) in [7, 11) is 0. The topological polar surface area (TPSA) is 42.0 Å². The Morgan fingerprint density at radius 1 is 1.50 bits per heavy atom. The summed E-state index contributed by atoms with van der Waals surface area (Å²) in [6.45, 7) is 1.89. The molecule has 16 heavy (non-hydrogen) atoms. The van der Waals surface area contributed by atoms with E-state index in [1.165, 1.54) is 11.3 Å². The Bertz CT molecular complexity index is 511. The average Bonchev–Trinajstić information content (AvgIpc) is 2.75. The van der Waals surface area contributed by atoms with Crippen LogP contribution in [0.1, 0.15) is 15.4 Å². The van der Waals surface area contributed by atoms with Gasteiger partial charge >= 0.3 is 0 Å². The van der Waals surface area contributed by atoms with Crippen molar-refractivity contribution < 1.29 is 4.79 Å². The number of carbonyl (C=O) groups is 1. The van der Waals surface area contributed by atoms with Crippen molar-refractivity contribution >= 4 is 34.5 Å². The van der Waals surface area contributed by atoms with E-state index >= 15 is 0 Å². The quantitative estimate of drug-likeness (QED) is 0.891. The Morgan fingerprint density at radius 2 is 2.31 bits per heavy atom. The van der Waals surface area contributed by atoms with Crippen LogP contribution < -0.4 is 5.32 Å². The lowest BCUT2D eigenvalue weighted by molar-refractivity contribution is 0.102. The van der Waals surface area contributed by atoms with Crippen LogP contribution in [0.3, 0.4) is 0 Å². The second-order valence-corrected chi connectivity index (χ2v) is 4.58. The minimum absolute atomic E-state index is 0.194. The van der Waals surface area contributed by atoms with Crippen molar-refractivity contribution in [2.24, 2.45) is 0 Å². The lowest BCUT2D eigenvalue weighted by atomic mass is 10.2. The second-order valence-electron chi connectivity index (χ2n) is 3.25. The molecule has 0 saturated heterocycles. The molecule has 1 heterocycles. The molecule has 1 amide bonds. The van der Waals surface area contributed by atoms with Gasteiger partial charge in [0.2, 0.25) is 0 Å². The molecule has 2 aromatic rings. The number of thiazole rings is 1. The zero-order chi connectivity index (χ0) is 11.5. The maximum Gasteiger partial charge on any atom is 0.284 e. The lowest BCUT2D eigenvalue weighted by Gasteiger charge is -2.06. The fourth-order valence-corrected chi connectivity index (χ4v) is 2.04. The van der Waals surface area contributed by atoms with Crippen molar-refractivity contribution in [3.8, 4) is 0 Å². The number of hydrogen-bond donors (Lipinski definition) is 1. The van der Waals surface area contributed by atoms with Gasteiger partial charge < -0.3 is 5.32 Å². The number of anilines is 1. The van der Waals surface area contributed by atoms with Gasteiger partial charge in [0.1, 0.15) is 0 Å². The Morgan fingerprint density at radius 3 is 2.94 bits per heavy atom. The predicted molar refractivity (Wildman–Crippen MR) is 66.3 cm³/mol. The molecule has 0 saturated carbocycles. The zero-order valence-corrected chi connectivity index (χ0v) is 10.1. The maximum absolute atomic E-state index is 11.7. The highest BCUT2D eigenvalue weighted by Crippen LogP contribution is 2.20. The summed E-state index contributed by atoms with van der Waals surface area (Å²) in [5.74, 6) is -0.194. The molecule has 0 spiro atoms. The fraction of sp³-hybridized carbons (Fsp3) is 0.0909. The molecule has 0 aliphatic rings. The van der Waals surface area contributed by atoms with Crippen molar-refractivity contribution in [1.82, 2.24) is 4.98 Å². The number of aromatic nitrogens is 1. The van der Waals surface area contributed by atoms with E-state index in [0.717, 1.165) is 11.3 Å².